The van der Waals surface area contributed by atoms with E-state index in [0.717, 1.165) is 18.6 Å². The largest absolute Gasteiger partial charge is 0.469 e. The second-order valence-corrected chi connectivity index (χ2v) is 4.97. The predicted molar refractivity (Wildman–Crippen MR) is 74.9 cm³/mol. The van der Waals surface area contributed by atoms with Crippen LogP contribution in [0, 0.1) is 13.8 Å². The van der Waals surface area contributed by atoms with Gasteiger partial charge in [-0.25, -0.2) is 0 Å². The topological polar surface area (TPSA) is 25.2 Å². The smallest absolute Gasteiger partial charge is 0.105 e. The zero-order valence-corrected chi connectivity index (χ0v) is 11.4. The molecule has 1 unspecified atom stereocenters. The molecule has 0 amide bonds. The third-order valence-electron chi connectivity index (χ3n) is 3.20. The van der Waals surface area contributed by atoms with Crippen molar-refractivity contribution in [2.75, 3.05) is 7.05 Å². The summed E-state index contributed by atoms with van der Waals surface area (Å²) in [4.78, 5) is 0. The van der Waals surface area contributed by atoms with Gasteiger partial charge < -0.3 is 9.73 Å². The second kappa shape index (κ2) is 5.87. The van der Waals surface area contributed by atoms with Gasteiger partial charge in [0.05, 0.1) is 6.26 Å². The van der Waals surface area contributed by atoms with E-state index in [1.165, 1.54) is 16.7 Å². The van der Waals surface area contributed by atoms with Crippen molar-refractivity contribution in [3.05, 3.63) is 59.0 Å². The Hall–Kier alpha value is -1.54. The Kier molecular flexibility index (Phi) is 4.21. The number of hydrogen-bond acceptors (Lipinski definition) is 2. The van der Waals surface area contributed by atoms with E-state index in [-0.39, 0.29) is 0 Å². The Bertz CT molecular complexity index is 468. The number of aryl methyl sites for hydroxylation is 2. The summed E-state index contributed by atoms with van der Waals surface area (Å²) in [6.45, 7) is 4.30. The fourth-order valence-electron chi connectivity index (χ4n) is 2.42. The summed E-state index contributed by atoms with van der Waals surface area (Å²) in [5.41, 5.74) is 4.05. The fraction of sp³-hybridized carbons (Fsp3) is 0.375. The summed E-state index contributed by atoms with van der Waals surface area (Å²) in [5, 5.41) is 3.37. The molecule has 0 saturated heterocycles. The van der Waals surface area contributed by atoms with Gasteiger partial charge in [-0.3, -0.25) is 0 Å². The molecule has 2 rings (SSSR count). The van der Waals surface area contributed by atoms with E-state index in [9.17, 15) is 0 Å². The molecule has 1 aromatic carbocycles. The van der Waals surface area contributed by atoms with E-state index in [1.54, 1.807) is 6.26 Å². The Balaban J connectivity index is 2.05. The number of benzene rings is 1. The van der Waals surface area contributed by atoms with Crippen LogP contribution >= 0.6 is 0 Å². The highest BCUT2D eigenvalue weighted by Gasteiger charge is 2.10. The van der Waals surface area contributed by atoms with Crippen molar-refractivity contribution in [2.45, 2.75) is 32.7 Å². The Morgan fingerprint density at radius 3 is 2.39 bits per heavy atom. The summed E-state index contributed by atoms with van der Waals surface area (Å²) in [6.07, 6.45) is 3.69. The van der Waals surface area contributed by atoms with Crippen molar-refractivity contribution in [1.29, 1.82) is 0 Å². The maximum absolute atomic E-state index is 5.41. The first-order valence-corrected chi connectivity index (χ1v) is 6.44. The minimum absolute atomic E-state index is 0.414. The van der Waals surface area contributed by atoms with Gasteiger partial charge in [0.25, 0.3) is 0 Å². The molecular weight excluding hydrogens is 222 g/mol. The third-order valence-corrected chi connectivity index (χ3v) is 3.20. The van der Waals surface area contributed by atoms with Gasteiger partial charge in [-0.05, 0) is 45.0 Å². The van der Waals surface area contributed by atoms with Crippen LogP contribution in [0.3, 0.4) is 0 Å². The van der Waals surface area contributed by atoms with E-state index in [2.05, 4.69) is 37.4 Å². The van der Waals surface area contributed by atoms with Gasteiger partial charge >= 0.3 is 0 Å². The van der Waals surface area contributed by atoms with Gasteiger partial charge in [0.2, 0.25) is 0 Å². The average molecular weight is 243 g/mol. The van der Waals surface area contributed by atoms with Crippen molar-refractivity contribution >= 4 is 0 Å². The zero-order valence-electron chi connectivity index (χ0n) is 11.4. The van der Waals surface area contributed by atoms with Crippen molar-refractivity contribution < 1.29 is 4.42 Å². The first kappa shape index (κ1) is 12.9. The second-order valence-electron chi connectivity index (χ2n) is 4.97. The minimum atomic E-state index is 0.414. The van der Waals surface area contributed by atoms with E-state index < -0.39 is 0 Å². The molecule has 0 aliphatic heterocycles. The predicted octanol–water partition coefficient (Wildman–Crippen LogP) is 3.27. The molecule has 0 radical (unpaired) electrons. The highest BCUT2D eigenvalue weighted by Crippen LogP contribution is 2.13. The standard InChI is InChI=1S/C16H21NO/c1-12-7-13(2)9-14(8-12)10-15(17-3)11-16-5-4-6-18-16/h4-9,15,17H,10-11H2,1-3H3. The molecule has 0 bridgehead atoms. The van der Waals surface area contributed by atoms with Crippen LogP contribution in [0.2, 0.25) is 0 Å². The Morgan fingerprint density at radius 1 is 1.11 bits per heavy atom. The molecule has 0 fully saturated rings. The highest BCUT2D eigenvalue weighted by atomic mass is 16.3. The highest BCUT2D eigenvalue weighted by molar-refractivity contribution is 5.29. The zero-order chi connectivity index (χ0) is 13.0. The van der Waals surface area contributed by atoms with Crippen molar-refractivity contribution in [1.82, 2.24) is 5.32 Å². The molecule has 2 nitrogen and oxygen atoms in total. The summed E-state index contributed by atoms with van der Waals surface area (Å²) in [7, 11) is 2.01. The lowest BCUT2D eigenvalue weighted by Gasteiger charge is -2.15. The number of nitrogens with one attached hydrogen (secondary N) is 1. The lowest BCUT2D eigenvalue weighted by Crippen LogP contribution is -2.29. The molecule has 0 saturated carbocycles. The lowest BCUT2D eigenvalue weighted by atomic mass is 9.99. The van der Waals surface area contributed by atoms with Crippen LogP contribution in [0.4, 0.5) is 0 Å². The Labute approximate surface area is 109 Å². The van der Waals surface area contributed by atoms with Crippen LogP contribution in [0.1, 0.15) is 22.5 Å². The molecule has 0 spiro atoms. The monoisotopic (exact) mass is 243 g/mol. The molecule has 1 atom stereocenters. The molecule has 2 heteroatoms. The van der Waals surface area contributed by atoms with Gasteiger partial charge in [0.15, 0.2) is 0 Å². The summed E-state index contributed by atoms with van der Waals surface area (Å²) in [5.74, 6) is 1.04. The molecule has 0 aliphatic carbocycles. The quantitative estimate of drug-likeness (QED) is 0.872. The maximum Gasteiger partial charge on any atom is 0.105 e. The molecule has 96 valence electrons. The normalized spacial score (nSPS) is 12.6. The summed E-state index contributed by atoms with van der Waals surface area (Å²) < 4.78 is 5.41. The van der Waals surface area contributed by atoms with Crippen LogP contribution in [-0.4, -0.2) is 13.1 Å². The maximum atomic E-state index is 5.41. The van der Waals surface area contributed by atoms with Gasteiger partial charge in [-0.1, -0.05) is 29.3 Å². The average Bonchev–Trinajstić information content (AvgIpc) is 2.79. The third kappa shape index (κ3) is 3.47. The minimum Gasteiger partial charge on any atom is -0.469 e. The van der Waals surface area contributed by atoms with Crippen LogP contribution in [0.5, 0.6) is 0 Å². The van der Waals surface area contributed by atoms with Crippen molar-refractivity contribution in [2.24, 2.45) is 0 Å². The SMILES string of the molecule is CNC(Cc1cc(C)cc(C)c1)Cc1ccco1. The summed E-state index contributed by atoms with van der Waals surface area (Å²) >= 11 is 0. The molecular formula is C16H21NO. The van der Waals surface area contributed by atoms with Crippen molar-refractivity contribution in [3.63, 3.8) is 0 Å². The first-order valence-electron chi connectivity index (χ1n) is 6.44. The van der Waals surface area contributed by atoms with Crippen LogP contribution in [0.15, 0.2) is 41.0 Å². The molecule has 18 heavy (non-hydrogen) atoms. The molecule has 0 aliphatic rings. The molecule has 1 aromatic heterocycles. The van der Waals surface area contributed by atoms with E-state index in [4.69, 9.17) is 4.42 Å². The van der Waals surface area contributed by atoms with E-state index in [0.29, 0.717) is 6.04 Å². The van der Waals surface area contributed by atoms with E-state index >= 15 is 0 Å². The van der Waals surface area contributed by atoms with Gasteiger partial charge in [0.1, 0.15) is 5.76 Å². The van der Waals surface area contributed by atoms with Gasteiger partial charge in [-0.2, -0.15) is 0 Å². The van der Waals surface area contributed by atoms with Crippen LogP contribution < -0.4 is 5.32 Å². The molecule has 2 aromatic rings. The Morgan fingerprint density at radius 2 is 1.83 bits per heavy atom. The van der Waals surface area contributed by atoms with Crippen LogP contribution in [0.25, 0.3) is 0 Å². The first-order chi connectivity index (χ1) is 8.67. The molecule has 1 heterocycles. The number of likely N-dealkylation sites (N-methyl/N-ethyl adjacent to an activating group) is 1. The van der Waals surface area contributed by atoms with Gasteiger partial charge in [0, 0.05) is 12.5 Å². The van der Waals surface area contributed by atoms with Crippen LogP contribution in [-0.2, 0) is 12.8 Å². The number of rotatable bonds is 5. The molecule has 1 N–H and O–H groups in total. The number of hydrogen-bond donors (Lipinski definition) is 1. The van der Waals surface area contributed by atoms with E-state index in [1.807, 2.05) is 19.2 Å². The van der Waals surface area contributed by atoms with Gasteiger partial charge in [-0.15, -0.1) is 0 Å². The summed E-state index contributed by atoms with van der Waals surface area (Å²) in [6, 6.07) is 11.1. The van der Waals surface area contributed by atoms with Crippen molar-refractivity contribution in [3.8, 4) is 0 Å². The number of furan rings is 1. The fourth-order valence-corrected chi connectivity index (χ4v) is 2.42. The lowest BCUT2D eigenvalue weighted by molar-refractivity contribution is 0.456.